The molecule has 1 aliphatic heterocycles. The Labute approximate surface area is 119 Å². The van der Waals surface area contributed by atoms with Crippen LogP contribution < -0.4 is 5.32 Å². The van der Waals surface area contributed by atoms with Crippen molar-refractivity contribution in [1.29, 1.82) is 0 Å². The number of ether oxygens (including phenoxy) is 1. The van der Waals surface area contributed by atoms with E-state index in [-0.39, 0.29) is 18.6 Å². The predicted molar refractivity (Wildman–Crippen MR) is 76.9 cm³/mol. The average molecular weight is 275 g/mol. The number of carbonyl (C=O) groups excluding carboxylic acids is 1. The number of carbonyl (C=O) groups is 1. The number of benzene rings is 1. The summed E-state index contributed by atoms with van der Waals surface area (Å²) < 4.78 is 5.38. The van der Waals surface area contributed by atoms with Crippen LogP contribution in [0.5, 0.6) is 0 Å². The lowest BCUT2D eigenvalue weighted by atomic mass is 10.0. The van der Waals surface area contributed by atoms with Gasteiger partial charge in [0, 0.05) is 6.61 Å². The van der Waals surface area contributed by atoms with E-state index in [0.29, 0.717) is 25.2 Å². The highest BCUT2D eigenvalue weighted by Crippen LogP contribution is 2.19. The van der Waals surface area contributed by atoms with Crippen LogP contribution in [-0.4, -0.2) is 24.2 Å². The highest BCUT2D eigenvalue weighted by molar-refractivity contribution is 5.91. The lowest BCUT2D eigenvalue weighted by molar-refractivity contribution is -0.122. The van der Waals surface area contributed by atoms with Crippen molar-refractivity contribution in [3.8, 4) is 0 Å². The molecule has 1 atom stereocenters. The summed E-state index contributed by atoms with van der Waals surface area (Å²) >= 11 is 0. The minimum Gasteiger partial charge on any atom is -0.488 e. The normalized spacial score (nSPS) is 15.9. The SMILES string of the molecule is O=C(NC(CCCO)c1ccccc1)C1=CCCCO1. The third-order valence-electron chi connectivity index (χ3n) is 3.32. The molecule has 20 heavy (non-hydrogen) atoms. The highest BCUT2D eigenvalue weighted by Gasteiger charge is 2.19. The number of allylic oxidation sites excluding steroid dienone is 1. The van der Waals surface area contributed by atoms with E-state index in [1.165, 1.54) is 0 Å². The molecule has 2 rings (SSSR count). The van der Waals surface area contributed by atoms with Gasteiger partial charge < -0.3 is 15.2 Å². The van der Waals surface area contributed by atoms with Crippen molar-refractivity contribution in [3.63, 3.8) is 0 Å². The Morgan fingerprint density at radius 3 is 2.80 bits per heavy atom. The van der Waals surface area contributed by atoms with Crippen LogP contribution in [0.3, 0.4) is 0 Å². The van der Waals surface area contributed by atoms with Gasteiger partial charge in [0.2, 0.25) is 0 Å². The van der Waals surface area contributed by atoms with Gasteiger partial charge in [0.1, 0.15) is 0 Å². The Hall–Kier alpha value is -1.81. The first-order valence-electron chi connectivity index (χ1n) is 7.11. The van der Waals surface area contributed by atoms with E-state index in [2.05, 4.69) is 5.32 Å². The van der Waals surface area contributed by atoms with Gasteiger partial charge in [-0.05, 0) is 37.3 Å². The molecular weight excluding hydrogens is 254 g/mol. The van der Waals surface area contributed by atoms with Gasteiger partial charge in [0.05, 0.1) is 12.6 Å². The number of rotatable bonds is 6. The van der Waals surface area contributed by atoms with Crippen LogP contribution in [0, 0.1) is 0 Å². The van der Waals surface area contributed by atoms with Crippen LogP contribution in [-0.2, 0) is 9.53 Å². The zero-order valence-corrected chi connectivity index (χ0v) is 11.5. The summed E-state index contributed by atoms with van der Waals surface area (Å²) in [6.45, 7) is 0.726. The molecule has 0 radical (unpaired) electrons. The number of aliphatic hydroxyl groups excluding tert-OH is 1. The Bertz CT molecular complexity index is 456. The monoisotopic (exact) mass is 275 g/mol. The van der Waals surface area contributed by atoms with Crippen LogP contribution in [0.15, 0.2) is 42.2 Å². The van der Waals surface area contributed by atoms with Crippen LogP contribution in [0.2, 0.25) is 0 Å². The molecule has 108 valence electrons. The molecule has 0 bridgehead atoms. The van der Waals surface area contributed by atoms with E-state index in [4.69, 9.17) is 9.84 Å². The lowest BCUT2D eigenvalue weighted by Crippen LogP contribution is -2.31. The molecule has 1 aromatic rings. The zero-order valence-electron chi connectivity index (χ0n) is 11.5. The molecule has 0 saturated carbocycles. The van der Waals surface area contributed by atoms with Crippen LogP contribution >= 0.6 is 0 Å². The van der Waals surface area contributed by atoms with Crippen molar-refractivity contribution >= 4 is 5.91 Å². The Morgan fingerprint density at radius 1 is 1.35 bits per heavy atom. The van der Waals surface area contributed by atoms with Crippen molar-refractivity contribution in [2.75, 3.05) is 13.2 Å². The molecule has 4 heteroatoms. The topological polar surface area (TPSA) is 58.6 Å². The molecule has 1 amide bonds. The van der Waals surface area contributed by atoms with Gasteiger partial charge in [0.25, 0.3) is 5.91 Å². The molecule has 0 fully saturated rings. The fourth-order valence-corrected chi connectivity index (χ4v) is 2.25. The first-order chi connectivity index (χ1) is 9.81. The van der Waals surface area contributed by atoms with Gasteiger partial charge in [-0.2, -0.15) is 0 Å². The Kier molecular flexibility index (Phi) is 5.62. The Balaban J connectivity index is 2.03. The summed E-state index contributed by atoms with van der Waals surface area (Å²) in [6, 6.07) is 9.72. The molecule has 1 aliphatic rings. The first-order valence-corrected chi connectivity index (χ1v) is 7.11. The van der Waals surface area contributed by atoms with Crippen LogP contribution in [0.4, 0.5) is 0 Å². The Morgan fingerprint density at radius 2 is 2.15 bits per heavy atom. The maximum absolute atomic E-state index is 12.2. The maximum atomic E-state index is 12.2. The van der Waals surface area contributed by atoms with E-state index < -0.39 is 0 Å². The molecule has 0 aromatic heterocycles. The second-order valence-electron chi connectivity index (χ2n) is 4.86. The van der Waals surface area contributed by atoms with E-state index in [0.717, 1.165) is 18.4 Å². The molecule has 1 aromatic carbocycles. The number of hydrogen-bond donors (Lipinski definition) is 2. The number of aliphatic hydroxyl groups is 1. The van der Waals surface area contributed by atoms with E-state index in [1.807, 2.05) is 36.4 Å². The number of amides is 1. The summed E-state index contributed by atoms with van der Waals surface area (Å²) in [5.41, 5.74) is 1.05. The molecule has 1 heterocycles. The molecular formula is C16H21NO3. The first kappa shape index (κ1) is 14.6. The summed E-state index contributed by atoms with van der Waals surface area (Å²) in [7, 11) is 0. The van der Waals surface area contributed by atoms with Crippen LogP contribution in [0.25, 0.3) is 0 Å². The van der Waals surface area contributed by atoms with E-state index in [9.17, 15) is 4.79 Å². The smallest absolute Gasteiger partial charge is 0.286 e. The largest absolute Gasteiger partial charge is 0.488 e. The third kappa shape index (κ3) is 4.10. The van der Waals surface area contributed by atoms with Crippen molar-refractivity contribution in [2.24, 2.45) is 0 Å². The minimum absolute atomic E-state index is 0.0951. The lowest BCUT2D eigenvalue weighted by Gasteiger charge is -2.21. The zero-order chi connectivity index (χ0) is 14.2. The van der Waals surface area contributed by atoms with E-state index >= 15 is 0 Å². The summed E-state index contributed by atoms with van der Waals surface area (Å²) in [4.78, 5) is 12.2. The van der Waals surface area contributed by atoms with Gasteiger partial charge in [0.15, 0.2) is 5.76 Å². The molecule has 0 saturated heterocycles. The fraction of sp³-hybridized carbons (Fsp3) is 0.438. The number of hydrogen-bond acceptors (Lipinski definition) is 3. The van der Waals surface area contributed by atoms with Gasteiger partial charge in [-0.3, -0.25) is 4.79 Å². The fourth-order valence-electron chi connectivity index (χ4n) is 2.25. The predicted octanol–water partition coefficient (Wildman–Crippen LogP) is 2.31. The van der Waals surface area contributed by atoms with Crippen molar-refractivity contribution in [1.82, 2.24) is 5.32 Å². The standard InChI is InChI=1S/C16H21NO3/c18-11-6-9-14(13-7-2-1-3-8-13)17-16(19)15-10-4-5-12-20-15/h1-3,7-8,10,14,18H,4-6,9,11-12H2,(H,17,19). The van der Waals surface area contributed by atoms with Gasteiger partial charge in [-0.15, -0.1) is 0 Å². The summed E-state index contributed by atoms with van der Waals surface area (Å²) in [5.74, 6) is 0.248. The average Bonchev–Trinajstić information content (AvgIpc) is 2.53. The highest BCUT2D eigenvalue weighted by atomic mass is 16.5. The van der Waals surface area contributed by atoms with Crippen molar-refractivity contribution in [2.45, 2.75) is 31.7 Å². The summed E-state index contributed by atoms with van der Waals surface area (Å²) in [6.07, 6.45) is 5.05. The van der Waals surface area contributed by atoms with E-state index in [1.54, 1.807) is 0 Å². The molecule has 1 unspecified atom stereocenters. The maximum Gasteiger partial charge on any atom is 0.286 e. The van der Waals surface area contributed by atoms with Gasteiger partial charge in [-0.25, -0.2) is 0 Å². The molecule has 0 aliphatic carbocycles. The quantitative estimate of drug-likeness (QED) is 0.837. The molecule has 2 N–H and O–H groups in total. The van der Waals surface area contributed by atoms with Crippen molar-refractivity contribution < 1.29 is 14.6 Å². The minimum atomic E-state index is -0.170. The van der Waals surface area contributed by atoms with Crippen molar-refractivity contribution in [3.05, 3.63) is 47.7 Å². The third-order valence-corrected chi connectivity index (χ3v) is 3.32. The molecule has 4 nitrogen and oxygen atoms in total. The van der Waals surface area contributed by atoms with Crippen LogP contribution in [0.1, 0.15) is 37.3 Å². The number of nitrogens with one attached hydrogen (secondary N) is 1. The van der Waals surface area contributed by atoms with Gasteiger partial charge in [-0.1, -0.05) is 30.3 Å². The second kappa shape index (κ2) is 7.70. The molecule has 0 spiro atoms. The second-order valence-corrected chi connectivity index (χ2v) is 4.86. The van der Waals surface area contributed by atoms with Gasteiger partial charge >= 0.3 is 0 Å². The summed E-state index contributed by atoms with van der Waals surface area (Å²) in [5, 5.41) is 12.0.